The number of nitrogens with one attached hydrogen (secondary N) is 1. The van der Waals surface area contributed by atoms with Crippen molar-refractivity contribution in [2.24, 2.45) is 0 Å². The van der Waals surface area contributed by atoms with Crippen molar-refractivity contribution in [2.75, 3.05) is 0 Å². The number of aryl methyl sites for hydroxylation is 1. The van der Waals surface area contributed by atoms with Gasteiger partial charge in [0.15, 0.2) is 5.78 Å². The van der Waals surface area contributed by atoms with Crippen molar-refractivity contribution in [3.05, 3.63) is 93.8 Å². The molecular weight excluding hydrogens is 362 g/mol. The first-order valence-corrected chi connectivity index (χ1v) is 10.1. The van der Waals surface area contributed by atoms with Crippen molar-refractivity contribution in [3.8, 4) is 0 Å². The smallest absolute Gasteiger partial charge is 0.337 e. The van der Waals surface area contributed by atoms with Gasteiger partial charge in [-0.25, -0.2) is 4.79 Å². The summed E-state index contributed by atoms with van der Waals surface area (Å²) >= 11 is 0. The number of allylic oxidation sites excluding steroid dienone is 3. The number of Topliss-reactive ketones (excluding diaryl/α,β-unsaturated/α-hetero) is 1. The molecule has 0 aromatic heterocycles. The van der Waals surface area contributed by atoms with E-state index >= 15 is 0 Å². The maximum Gasteiger partial charge on any atom is 0.337 e. The van der Waals surface area contributed by atoms with Gasteiger partial charge in [-0.05, 0) is 43.4 Å². The van der Waals surface area contributed by atoms with Gasteiger partial charge in [-0.1, -0.05) is 54.6 Å². The number of ether oxygens (including phenoxy) is 1. The molecule has 2 aromatic carbocycles. The SMILES string of the molecule is CC1=C(C(=O)OCc2ccccc2)[C@H](c2ccccc2C)C2=C(CCCC2=O)N1. The summed E-state index contributed by atoms with van der Waals surface area (Å²) < 4.78 is 5.67. The van der Waals surface area contributed by atoms with E-state index in [0.717, 1.165) is 46.5 Å². The van der Waals surface area contributed by atoms with Gasteiger partial charge in [0, 0.05) is 29.3 Å². The fraction of sp³-hybridized carbons (Fsp3) is 0.280. The van der Waals surface area contributed by atoms with Crippen molar-refractivity contribution >= 4 is 11.8 Å². The zero-order valence-electron chi connectivity index (χ0n) is 16.8. The molecule has 1 aliphatic heterocycles. The number of ketones is 1. The Kier molecular flexibility index (Phi) is 5.34. The largest absolute Gasteiger partial charge is 0.457 e. The van der Waals surface area contributed by atoms with E-state index in [2.05, 4.69) is 5.32 Å². The highest BCUT2D eigenvalue weighted by atomic mass is 16.5. The summed E-state index contributed by atoms with van der Waals surface area (Å²) in [5.41, 5.74) is 5.96. The van der Waals surface area contributed by atoms with Gasteiger partial charge >= 0.3 is 5.97 Å². The van der Waals surface area contributed by atoms with Crippen molar-refractivity contribution in [3.63, 3.8) is 0 Å². The Morgan fingerprint density at radius 3 is 2.52 bits per heavy atom. The molecule has 0 unspecified atom stereocenters. The van der Waals surface area contributed by atoms with Gasteiger partial charge in [-0.2, -0.15) is 0 Å². The molecule has 1 atom stereocenters. The first kappa shape index (κ1) is 19.2. The molecule has 0 spiro atoms. The van der Waals surface area contributed by atoms with Gasteiger partial charge in [0.05, 0.1) is 5.57 Å². The molecule has 0 radical (unpaired) electrons. The van der Waals surface area contributed by atoms with Crippen LogP contribution in [-0.2, 0) is 20.9 Å². The Bertz CT molecular complexity index is 1020. The predicted octanol–water partition coefficient (Wildman–Crippen LogP) is 4.71. The number of hydrogen-bond donors (Lipinski definition) is 1. The average molecular weight is 387 g/mol. The Balaban J connectivity index is 1.73. The molecular formula is C25H25NO3. The van der Waals surface area contributed by atoms with E-state index < -0.39 is 0 Å². The quantitative estimate of drug-likeness (QED) is 0.772. The summed E-state index contributed by atoms with van der Waals surface area (Å²) in [5.74, 6) is -0.645. The summed E-state index contributed by atoms with van der Waals surface area (Å²) in [6.07, 6.45) is 2.19. The third kappa shape index (κ3) is 3.75. The number of esters is 1. The first-order valence-electron chi connectivity index (χ1n) is 10.1. The third-order valence-electron chi connectivity index (χ3n) is 5.71. The van der Waals surface area contributed by atoms with Gasteiger partial charge < -0.3 is 10.1 Å². The normalized spacial score (nSPS) is 19.0. The molecule has 0 saturated carbocycles. The van der Waals surface area contributed by atoms with Crippen LogP contribution in [0.4, 0.5) is 0 Å². The van der Waals surface area contributed by atoms with Crippen molar-refractivity contribution < 1.29 is 14.3 Å². The minimum atomic E-state index is -0.386. The molecule has 0 saturated heterocycles. The van der Waals surface area contributed by atoms with Crippen LogP contribution in [0.5, 0.6) is 0 Å². The second-order valence-corrected chi connectivity index (χ2v) is 7.68. The van der Waals surface area contributed by atoms with Crippen molar-refractivity contribution in [1.29, 1.82) is 0 Å². The molecule has 29 heavy (non-hydrogen) atoms. The van der Waals surface area contributed by atoms with E-state index in [-0.39, 0.29) is 24.3 Å². The predicted molar refractivity (Wildman–Crippen MR) is 112 cm³/mol. The van der Waals surface area contributed by atoms with Crippen molar-refractivity contribution in [1.82, 2.24) is 5.32 Å². The Labute approximate surface area is 171 Å². The summed E-state index contributed by atoms with van der Waals surface area (Å²) in [5, 5.41) is 3.33. The highest BCUT2D eigenvalue weighted by molar-refractivity contribution is 6.03. The molecule has 0 fully saturated rings. The first-order chi connectivity index (χ1) is 14.1. The summed E-state index contributed by atoms with van der Waals surface area (Å²) in [4.78, 5) is 26.1. The number of benzene rings is 2. The van der Waals surface area contributed by atoms with E-state index in [1.807, 2.05) is 68.4 Å². The third-order valence-corrected chi connectivity index (χ3v) is 5.71. The maximum atomic E-state index is 13.2. The molecule has 1 heterocycles. The molecule has 4 heteroatoms. The standard InChI is InChI=1S/C25H25NO3/c1-16-9-6-7-12-19(16)23-22(25(28)29-15-18-10-4-3-5-11-18)17(2)26-20-13-8-14-21(27)24(20)23/h3-7,9-12,23,26H,8,13-15H2,1-2H3/t23-/m0/s1. The second-order valence-electron chi connectivity index (χ2n) is 7.68. The van der Waals surface area contributed by atoms with Gasteiger partial charge in [-0.15, -0.1) is 0 Å². The second kappa shape index (κ2) is 8.08. The fourth-order valence-electron chi connectivity index (χ4n) is 4.28. The molecule has 2 aromatic rings. The van der Waals surface area contributed by atoms with Crippen LogP contribution in [0.15, 0.2) is 77.1 Å². The van der Waals surface area contributed by atoms with Crippen molar-refractivity contribution in [2.45, 2.75) is 45.6 Å². The average Bonchev–Trinajstić information content (AvgIpc) is 2.72. The Morgan fingerprint density at radius 1 is 1.03 bits per heavy atom. The summed E-state index contributed by atoms with van der Waals surface area (Å²) in [7, 11) is 0. The lowest BCUT2D eigenvalue weighted by Crippen LogP contribution is -2.34. The highest BCUT2D eigenvalue weighted by Crippen LogP contribution is 2.43. The molecule has 2 aliphatic rings. The van der Waals surface area contributed by atoms with E-state index in [1.165, 1.54) is 0 Å². The summed E-state index contributed by atoms with van der Waals surface area (Å²) in [6, 6.07) is 17.6. The van der Waals surface area contributed by atoms with Crippen LogP contribution in [-0.4, -0.2) is 11.8 Å². The molecule has 1 aliphatic carbocycles. The van der Waals surface area contributed by atoms with Crippen LogP contribution in [0.3, 0.4) is 0 Å². The monoisotopic (exact) mass is 387 g/mol. The minimum Gasteiger partial charge on any atom is -0.457 e. The van der Waals surface area contributed by atoms with E-state index in [4.69, 9.17) is 4.74 Å². The fourth-order valence-corrected chi connectivity index (χ4v) is 4.28. The zero-order valence-corrected chi connectivity index (χ0v) is 16.8. The molecule has 1 N–H and O–H groups in total. The zero-order chi connectivity index (χ0) is 20.4. The molecule has 148 valence electrons. The Hall–Kier alpha value is -3.14. The van der Waals surface area contributed by atoms with Crippen LogP contribution in [0, 0.1) is 6.92 Å². The Morgan fingerprint density at radius 2 is 1.76 bits per heavy atom. The number of carbonyl (C=O) groups is 2. The van der Waals surface area contributed by atoms with Crippen LogP contribution in [0.1, 0.15) is 48.8 Å². The van der Waals surface area contributed by atoms with E-state index in [0.29, 0.717) is 12.0 Å². The van der Waals surface area contributed by atoms with E-state index in [9.17, 15) is 9.59 Å². The van der Waals surface area contributed by atoms with E-state index in [1.54, 1.807) is 0 Å². The number of hydrogen-bond acceptors (Lipinski definition) is 4. The van der Waals surface area contributed by atoms with Gasteiger partial charge in [0.1, 0.15) is 6.61 Å². The maximum absolute atomic E-state index is 13.2. The molecule has 0 bridgehead atoms. The van der Waals surface area contributed by atoms with Gasteiger partial charge in [-0.3, -0.25) is 4.79 Å². The van der Waals surface area contributed by atoms with Crippen LogP contribution >= 0.6 is 0 Å². The number of dihydropyridines is 1. The minimum absolute atomic E-state index is 0.118. The number of rotatable bonds is 4. The van der Waals surface area contributed by atoms with Gasteiger partial charge in [0.25, 0.3) is 0 Å². The van der Waals surface area contributed by atoms with Crippen LogP contribution < -0.4 is 5.32 Å². The topological polar surface area (TPSA) is 55.4 Å². The summed E-state index contributed by atoms with van der Waals surface area (Å²) in [6.45, 7) is 4.12. The van der Waals surface area contributed by atoms with Gasteiger partial charge in [0.2, 0.25) is 0 Å². The molecule has 4 nitrogen and oxygen atoms in total. The highest BCUT2D eigenvalue weighted by Gasteiger charge is 2.39. The lowest BCUT2D eigenvalue weighted by molar-refractivity contribution is -0.140. The lowest BCUT2D eigenvalue weighted by atomic mass is 9.74. The van der Waals surface area contributed by atoms with Crippen LogP contribution in [0.2, 0.25) is 0 Å². The molecule has 4 rings (SSSR count). The van der Waals surface area contributed by atoms with Crippen LogP contribution in [0.25, 0.3) is 0 Å². The number of carbonyl (C=O) groups excluding carboxylic acids is 2. The molecule has 0 amide bonds. The lowest BCUT2D eigenvalue weighted by Gasteiger charge is -2.34.